The van der Waals surface area contributed by atoms with Gasteiger partial charge >= 0.3 is 0 Å². The van der Waals surface area contributed by atoms with Gasteiger partial charge in [-0.05, 0) is 5.56 Å². The van der Waals surface area contributed by atoms with Crippen LogP contribution >= 0.6 is 11.3 Å². The van der Waals surface area contributed by atoms with Gasteiger partial charge in [-0.2, -0.15) is 15.4 Å². The van der Waals surface area contributed by atoms with Gasteiger partial charge in [-0.25, -0.2) is 4.98 Å². The van der Waals surface area contributed by atoms with Crippen molar-refractivity contribution in [3.05, 3.63) is 53.2 Å². The van der Waals surface area contributed by atoms with Crippen LogP contribution in [0.5, 0.6) is 0 Å². The fourth-order valence-electron chi connectivity index (χ4n) is 1.87. The Hall–Kier alpha value is -2.05. The minimum absolute atomic E-state index is 0.0338. The maximum atomic E-state index is 6.19. The topological polar surface area (TPSA) is 80.5 Å². The first-order chi connectivity index (χ1) is 9.33. The summed E-state index contributed by atoms with van der Waals surface area (Å²) in [5.74, 6) is 0. The molecule has 1 unspecified atom stereocenters. The van der Waals surface area contributed by atoms with Gasteiger partial charge in [-0.15, -0.1) is 11.3 Å². The van der Waals surface area contributed by atoms with E-state index in [1.54, 1.807) is 17.5 Å². The molecule has 5 nitrogen and oxygen atoms in total. The molecule has 0 fully saturated rings. The van der Waals surface area contributed by atoms with Gasteiger partial charge in [0.25, 0.3) is 0 Å². The number of nitrogens with one attached hydrogen (secondary N) is 1. The number of hydrogen-bond donors (Lipinski definition) is 2. The second-order valence-electron chi connectivity index (χ2n) is 4.22. The number of H-pyrrole nitrogens is 1. The van der Waals surface area contributed by atoms with E-state index in [1.165, 1.54) is 0 Å². The molecule has 3 rings (SSSR count). The van der Waals surface area contributed by atoms with Crippen LogP contribution in [0.15, 0.2) is 41.9 Å². The predicted molar refractivity (Wildman–Crippen MR) is 74.6 cm³/mol. The zero-order chi connectivity index (χ0) is 13.1. The Morgan fingerprint density at radius 1 is 1.26 bits per heavy atom. The molecule has 1 aromatic carbocycles. The van der Waals surface area contributed by atoms with Gasteiger partial charge in [0.1, 0.15) is 10.7 Å². The minimum Gasteiger partial charge on any atom is -0.324 e. The molecule has 0 bridgehead atoms. The van der Waals surface area contributed by atoms with E-state index in [0.29, 0.717) is 0 Å². The van der Waals surface area contributed by atoms with Gasteiger partial charge in [-0.3, -0.25) is 0 Å². The van der Waals surface area contributed by atoms with Crippen molar-refractivity contribution < 1.29 is 0 Å². The molecular weight excluding hydrogens is 258 g/mol. The molecule has 19 heavy (non-hydrogen) atoms. The molecule has 0 saturated heterocycles. The number of aromatic nitrogens is 4. The van der Waals surface area contributed by atoms with E-state index in [9.17, 15) is 0 Å². The van der Waals surface area contributed by atoms with E-state index < -0.39 is 0 Å². The maximum absolute atomic E-state index is 6.19. The number of nitrogens with two attached hydrogens (primary N) is 1. The third-order valence-corrected chi connectivity index (χ3v) is 3.76. The fourth-order valence-corrected chi connectivity index (χ4v) is 2.65. The molecule has 0 aliphatic carbocycles. The molecule has 0 amide bonds. The molecule has 0 aliphatic rings. The average Bonchev–Trinajstić information content (AvgIpc) is 3.10. The van der Waals surface area contributed by atoms with E-state index in [-0.39, 0.29) is 6.04 Å². The van der Waals surface area contributed by atoms with Crippen LogP contribution in [-0.4, -0.2) is 20.4 Å². The molecule has 0 aliphatic heterocycles. The summed E-state index contributed by atoms with van der Waals surface area (Å²) in [7, 11) is 0. The monoisotopic (exact) mass is 271 g/mol. The van der Waals surface area contributed by atoms with Crippen molar-refractivity contribution in [2.24, 2.45) is 5.73 Å². The smallest absolute Gasteiger partial charge is 0.145 e. The summed E-state index contributed by atoms with van der Waals surface area (Å²) in [5, 5.41) is 13.3. The summed E-state index contributed by atoms with van der Waals surface area (Å²) in [6, 6.07) is 10.0. The van der Waals surface area contributed by atoms with Crippen molar-refractivity contribution in [1.82, 2.24) is 20.4 Å². The summed E-state index contributed by atoms with van der Waals surface area (Å²) < 4.78 is 0. The lowest BCUT2D eigenvalue weighted by Crippen LogP contribution is -2.13. The molecule has 96 valence electrons. The van der Waals surface area contributed by atoms with Crippen molar-refractivity contribution in [1.29, 1.82) is 0 Å². The van der Waals surface area contributed by atoms with Crippen LogP contribution in [0, 0.1) is 0 Å². The zero-order valence-corrected chi connectivity index (χ0v) is 11.0. The Kier molecular flexibility index (Phi) is 3.35. The number of thiazole rings is 1. The summed E-state index contributed by atoms with van der Waals surface area (Å²) in [4.78, 5) is 4.53. The number of nitrogens with zero attached hydrogens (tertiary/aromatic N) is 3. The standard InChI is InChI=1S/C13H13N5S/c14-11(9-4-2-1-3-5-9)6-10-8-19-13(16-10)12-7-15-18-17-12/h1-5,7-8,11H,6,14H2,(H,15,17,18). The van der Waals surface area contributed by atoms with Gasteiger partial charge in [0.05, 0.1) is 11.9 Å². The molecule has 1 atom stereocenters. The molecule has 6 heteroatoms. The van der Waals surface area contributed by atoms with Gasteiger partial charge in [0.2, 0.25) is 0 Å². The number of hydrogen-bond acceptors (Lipinski definition) is 5. The van der Waals surface area contributed by atoms with Crippen molar-refractivity contribution in [3.8, 4) is 10.7 Å². The van der Waals surface area contributed by atoms with Crippen molar-refractivity contribution in [3.63, 3.8) is 0 Å². The van der Waals surface area contributed by atoms with Crippen LogP contribution in [0.2, 0.25) is 0 Å². The molecule has 3 N–H and O–H groups in total. The highest BCUT2D eigenvalue weighted by atomic mass is 32.1. The Labute approximate surface area is 114 Å². The zero-order valence-electron chi connectivity index (χ0n) is 10.2. The Morgan fingerprint density at radius 2 is 2.11 bits per heavy atom. The molecule has 0 saturated carbocycles. The molecule has 0 radical (unpaired) electrons. The van der Waals surface area contributed by atoms with Crippen LogP contribution in [0.25, 0.3) is 10.7 Å². The summed E-state index contributed by atoms with van der Waals surface area (Å²) in [6.07, 6.45) is 2.39. The van der Waals surface area contributed by atoms with E-state index in [4.69, 9.17) is 5.73 Å². The van der Waals surface area contributed by atoms with Crippen molar-refractivity contribution >= 4 is 11.3 Å². The second kappa shape index (κ2) is 5.29. The summed E-state index contributed by atoms with van der Waals surface area (Å²) in [6.45, 7) is 0. The molecular formula is C13H13N5S. The SMILES string of the molecule is NC(Cc1csc(-c2cn[nH]n2)n1)c1ccccc1. The Morgan fingerprint density at radius 3 is 2.84 bits per heavy atom. The fraction of sp³-hybridized carbons (Fsp3) is 0.154. The Balaban J connectivity index is 1.74. The quantitative estimate of drug-likeness (QED) is 0.762. The highest BCUT2D eigenvalue weighted by Crippen LogP contribution is 2.23. The van der Waals surface area contributed by atoms with Gasteiger partial charge in [-0.1, -0.05) is 30.3 Å². The van der Waals surface area contributed by atoms with Crippen LogP contribution in [0.1, 0.15) is 17.3 Å². The van der Waals surface area contributed by atoms with Crippen LogP contribution in [0.3, 0.4) is 0 Å². The highest BCUT2D eigenvalue weighted by Gasteiger charge is 2.11. The summed E-state index contributed by atoms with van der Waals surface area (Å²) in [5.41, 5.74) is 9.06. The van der Waals surface area contributed by atoms with E-state index >= 15 is 0 Å². The molecule has 0 spiro atoms. The van der Waals surface area contributed by atoms with Gasteiger partial charge < -0.3 is 5.73 Å². The van der Waals surface area contributed by atoms with E-state index in [0.717, 1.165) is 28.4 Å². The lowest BCUT2D eigenvalue weighted by Gasteiger charge is -2.09. The first-order valence-corrected chi connectivity index (χ1v) is 6.82. The largest absolute Gasteiger partial charge is 0.324 e. The molecule has 2 heterocycles. The third kappa shape index (κ3) is 2.69. The third-order valence-electron chi connectivity index (χ3n) is 2.84. The minimum atomic E-state index is -0.0338. The molecule has 2 aromatic heterocycles. The predicted octanol–water partition coefficient (Wildman–Crippen LogP) is 2.17. The van der Waals surface area contributed by atoms with Gasteiger partial charge in [0, 0.05) is 17.8 Å². The summed E-state index contributed by atoms with van der Waals surface area (Å²) >= 11 is 1.56. The van der Waals surface area contributed by atoms with Crippen LogP contribution in [0.4, 0.5) is 0 Å². The Bertz CT molecular complexity index is 632. The lowest BCUT2D eigenvalue weighted by molar-refractivity contribution is 0.710. The average molecular weight is 271 g/mol. The second-order valence-corrected chi connectivity index (χ2v) is 5.08. The first-order valence-electron chi connectivity index (χ1n) is 5.94. The maximum Gasteiger partial charge on any atom is 0.145 e. The first kappa shape index (κ1) is 12.0. The van der Waals surface area contributed by atoms with E-state index in [2.05, 4.69) is 20.4 Å². The number of rotatable bonds is 4. The van der Waals surface area contributed by atoms with Crippen LogP contribution in [-0.2, 0) is 6.42 Å². The normalized spacial score (nSPS) is 12.5. The highest BCUT2D eigenvalue weighted by molar-refractivity contribution is 7.13. The van der Waals surface area contributed by atoms with Gasteiger partial charge in [0.15, 0.2) is 0 Å². The van der Waals surface area contributed by atoms with E-state index in [1.807, 2.05) is 35.7 Å². The van der Waals surface area contributed by atoms with Crippen LogP contribution < -0.4 is 5.73 Å². The van der Waals surface area contributed by atoms with Crippen molar-refractivity contribution in [2.45, 2.75) is 12.5 Å². The number of aromatic amines is 1. The van der Waals surface area contributed by atoms with Crippen molar-refractivity contribution in [2.75, 3.05) is 0 Å². The lowest BCUT2D eigenvalue weighted by atomic mass is 10.0. The number of benzene rings is 1. The molecule has 3 aromatic rings.